The highest BCUT2D eigenvalue weighted by Crippen LogP contribution is 2.49. The first-order chi connectivity index (χ1) is 12.0. The lowest BCUT2D eigenvalue weighted by Gasteiger charge is -2.21. The highest BCUT2D eigenvalue weighted by Gasteiger charge is 2.40. The minimum atomic E-state index is -3.39. The first kappa shape index (κ1) is 17.0. The van der Waals surface area contributed by atoms with Gasteiger partial charge in [0.05, 0.1) is 4.90 Å². The molecular weight excluding hydrogens is 336 g/mol. The van der Waals surface area contributed by atoms with E-state index in [2.05, 4.69) is 5.32 Å². The van der Waals surface area contributed by atoms with Crippen LogP contribution in [-0.2, 0) is 14.8 Å². The van der Waals surface area contributed by atoms with Gasteiger partial charge in [0.2, 0.25) is 15.9 Å². The molecule has 1 amide bonds. The third-order valence-corrected chi connectivity index (χ3v) is 8.09. The molecule has 2 aliphatic carbocycles. The van der Waals surface area contributed by atoms with Gasteiger partial charge in [-0.25, -0.2) is 8.42 Å². The van der Waals surface area contributed by atoms with Crippen molar-refractivity contribution in [3.63, 3.8) is 0 Å². The molecule has 1 aromatic carbocycles. The average Bonchev–Trinajstić information content (AvgIpc) is 3.33. The van der Waals surface area contributed by atoms with Gasteiger partial charge in [0.25, 0.3) is 0 Å². The first-order valence-electron chi connectivity index (χ1n) is 9.42. The molecule has 6 heteroatoms. The van der Waals surface area contributed by atoms with E-state index in [1.165, 1.54) is 30.0 Å². The summed E-state index contributed by atoms with van der Waals surface area (Å²) in [6.45, 7) is 1.20. The number of carbonyl (C=O) groups excluding carboxylic acids is 1. The number of benzene rings is 1. The van der Waals surface area contributed by atoms with Crippen LogP contribution in [0.15, 0.2) is 29.2 Å². The van der Waals surface area contributed by atoms with Crippen molar-refractivity contribution in [2.24, 2.45) is 17.8 Å². The Morgan fingerprint density at radius 1 is 1.08 bits per heavy atom. The standard InChI is InChI=1S/C19H26N2O3S/c22-19(13-16-12-14-3-4-15(16)11-14)20-17-5-7-18(8-6-17)25(23,24)21-9-1-2-10-21/h5-8,14-16H,1-4,9-13H2,(H,20,22). The maximum atomic E-state index is 12.5. The molecule has 3 fully saturated rings. The Morgan fingerprint density at radius 2 is 1.80 bits per heavy atom. The number of sulfonamides is 1. The van der Waals surface area contributed by atoms with Gasteiger partial charge in [-0.05, 0) is 74.1 Å². The van der Waals surface area contributed by atoms with E-state index >= 15 is 0 Å². The highest BCUT2D eigenvalue weighted by molar-refractivity contribution is 7.89. The highest BCUT2D eigenvalue weighted by atomic mass is 32.2. The van der Waals surface area contributed by atoms with Crippen molar-refractivity contribution in [1.29, 1.82) is 0 Å². The predicted molar refractivity (Wildman–Crippen MR) is 96.6 cm³/mol. The quantitative estimate of drug-likeness (QED) is 0.874. The largest absolute Gasteiger partial charge is 0.326 e. The lowest BCUT2D eigenvalue weighted by molar-refractivity contribution is -0.117. The summed E-state index contributed by atoms with van der Waals surface area (Å²) in [7, 11) is -3.39. The summed E-state index contributed by atoms with van der Waals surface area (Å²) < 4.78 is 26.6. The van der Waals surface area contributed by atoms with E-state index in [-0.39, 0.29) is 5.91 Å². The summed E-state index contributed by atoms with van der Waals surface area (Å²) in [6, 6.07) is 6.59. The number of hydrogen-bond acceptors (Lipinski definition) is 3. The second kappa shape index (κ2) is 6.72. The van der Waals surface area contributed by atoms with Crippen LogP contribution < -0.4 is 5.32 Å². The van der Waals surface area contributed by atoms with Crippen molar-refractivity contribution in [3.8, 4) is 0 Å². The number of hydrogen-bond donors (Lipinski definition) is 1. The van der Waals surface area contributed by atoms with Crippen LogP contribution in [0.2, 0.25) is 0 Å². The van der Waals surface area contributed by atoms with Crippen molar-refractivity contribution in [3.05, 3.63) is 24.3 Å². The fourth-order valence-corrected chi connectivity index (χ4v) is 6.38. The topological polar surface area (TPSA) is 66.5 Å². The molecule has 3 unspecified atom stereocenters. The van der Waals surface area contributed by atoms with E-state index in [0.29, 0.717) is 36.0 Å². The Labute approximate surface area is 149 Å². The van der Waals surface area contributed by atoms with Gasteiger partial charge < -0.3 is 5.32 Å². The van der Waals surface area contributed by atoms with E-state index in [1.807, 2.05) is 0 Å². The van der Waals surface area contributed by atoms with Gasteiger partial charge in [0, 0.05) is 25.2 Å². The summed E-state index contributed by atoms with van der Waals surface area (Å²) in [5, 5.41) is 2.93. The van der Waals surface area contributed by atoms with Gasteiger partial charge in [0.15, 0.2) is 0 Å². The molecule has 3 atom stereocenters. The SMILES string of the molecule is O=C(CC1CC2CCC1C2)Nc1ccc(S(=O)(=O)N2CCCC2)cc1. The number of nitrogens with one attached hydrogen (secondary N) is 1. The van der Waals surface area contributed by atoms with E-state index in [1.54, 1.807) is 24.3 Å². The molecule has 1 aliphatic heterocycles. The van der Waals surface area contributed by atoms with Gasteiger partial charge in [0.1, 0.15) is 0 Å². The maximum Gasteiger partial charge on any atom is 0.243 e. The number of amides is 1. The summed E-state index contributed by atoms with van der Waals surface area (Å²) >= 11 is 0. The number of nitrogens with zero attached hydrogens (tertiary/aromatic N) is 1. The van der Waals surface area contributed by atoms with Crippen molar-refractivity contribution in [2.75, 3.05) is 18.4 Å². The third kappa shape index (κ3) is 3.47. The molecule has 1 heterocycles. The monoisotopic (exact) mass is 362 g/mol. The maximum absolute atomic E-state index is 12.5. The minimum Gasteiger partial charge on any atom is -0.326 e. The zero-order valence-electron chi connectivity index (χ0n) is 14.5. The van der Waals surface area contributed by atoms with Crippen LogP contribution in [0.5, 0.6) is 0 Å². The van der Waals surface area contributed by atoms with Crippen molar-refractivity contribution >= 4 is 21.6 Å². The Balaban J connectivity index is 1.36. The van der Waals surface area contributed by atoms with E-state index in [0.717, 1.165) is 24.7 Å². The van der Waals surface area contributed by atoms with Gasteiger partial charge in [-0.15, -0.1) is 0 Å². The Kier molecular flexibility index (Phi) is 4.58. The fourth-order valence-electron chi connectivity index (χ4n) is 4.86. The zero-order chi connectivity index (χ0) is 17.4. The van der Waals surface area contributed by atoms with Crippen LogP contribution in [0.25, 0.3) is 0 Å². The van der Waals surface area contributed by atoms with Crippen LogP contribution >= 0.6 is 0 Å². The second-order valence-corrected chi connectivity index (χ2v) is 9.76. The molecule has 1 saturated heterocycles. The summed E-state index contributed by atoms with van der Waals surface area (Å²) in [6.07, 6.45) is 7.58. The van der Waals surface area contributed by atoms with Crippen LogP contribution in [0, 0.1) is 17.8 Å². The molecule has 1 aromatic rings. The molecular formula is C19H26N2O3S. The molecule has 136 valence electrons. The van der Waals surface area contributed by atoms with Crippen LogP contribution in [0.4, 0.5) is 5.69 Å². The molecule has 0 spiro atoms. The first-order valence-corrected chi connectivity index (χ1v) is 10.9. The Hall–Kier alpha value is -1.40. The lowest BCUT2D eigenvalue weighted by atomic mass is 9.86. The van der Waals surface area contributed by atoms with Gasteiger partial charge in [-0.1, -0.05) is 6.42 Å². The lowest BCUT2D eigenvalue weighted by Crippen LogP contribution is -2.27. The number of carbonyl (C=O) groups is 1. The second-order valence-electron chi connectivity index (χ2n) is 7.82. The molecule has 25 heavy (non-hydrogen) atoms. The molecule has 0 aromatic heterocycles. The molecule has 5 nitrogen and oxygen atoms in total. The number of anilines is 1. The minimum absolute atomic E-state index is 0.0488. The van der Waals surface area contributed by atoms with Crippen molar-refractivity contribution in [1.82, 2.24) is 4.31 Å². The zero-order valence-corrected chi connectivity index (χ0v) is 15.3. The average molecular weight is 362 g/mol. The normalized spacial score (nSPS) is 29.2. The molecule has 0 radical (unpaired) electrons. The number of rotatable bonds is 5. The van der Waals surface area contributed by atoms with Crippen molar-refractivity contribution < 1.29 is 13.2 Å². The fraction of sp³-hybridized carbons (Fsp3) is 0.632. The summed E-state index contributed by atoms with van der Waals surface area (Å²) in [5.74, 6) is 2.17. The van der Waals surface area contributed by atoms with Gasteiger partial charge >= 0.3 is 0 Å². The Morgan fingerprint density at radius 3 is 2.40 bits per heavy atom. The van der Waals surface area contributed by atoms with Gasteiger partial charge in [-0.2, -0.15) is 4.31 Å². The van der Waals surface area contributed by atoms with Crippen LogP contribution in [0.3, 0.4) is 0 Å². The van der Waals surface area contributed by atoms with Crippen LogP contribution in [-0.4, -0.2) is 31.7 Å². The third-order valence-electron chi connectivity index (χ3n) is 6.17. The Bertz CT molecular complexity index is 738. The molecule has 2 bridgehead atoms. The van der Waals surface area contributed by atoms with E-state index in [9.17, 15) is 13.2 Å². The molecule has 4 rings (SSSR count). The summed E-state index contributed by atoms with van der Waals surface area (Å²) in [5.41, 5.74) is 0.675. The van der Waals surface area contributed by atoms with Crippen molar-refractivity contribution in [2.45, 2.75) is 49.8 Å². The van der Waals surface area contributed by atoms with E-state index in [4.69, 9.17) is 0 Å². The number of fused-ring (bicyclic) bond motifs is 2. The molecule has 3 aliphatic rings. The predicted octanol–water partition coefficient (Wildman–Crippen LogP) is 3.24. The molecule has 2 saturated carbocycles. The van der Waals surface area contributed by atoms with Gasteiger partial charge in [-0.3, -0.25) is 4.79 Å². The van der Waals surface area contributed by atoms with E-state index < -0.39 is 10.0 Å². The summed E-state index contributed by atoms with van der Waals surface area (Å²) in [4.78, 5) is 12.6. The smallest absolute Gasteiger partial charge is 0.243 e. The molecule has 1 N–H and O–H groups in total. The van der Waals surface area contributed by atoms with Crippen LogP contribution in [0.1, 0.15) is 44.9 Å².